The number of carbonyl (C=O) groups is 1. The molecule has 2 heterocycles. The van der Waals surface area contributed by atoms with Crippen molar-refractivity contribution in [3.8, 4) is 11.4 Å². The first-order chi connectivity index (χ1) is 9.54. The van der Waals surface area contributed by atoms with Gasteiger partial charge in [0.1, 0.15) is 5.82 Å². The second kappa shape index (κ2) is 4.19. The molecule has 0 atom stereocenters. The molecule has 100 valence electrons. The van der Waals surface area contributed by atoms with E-state index in [1.165, 1.54) is 12.1 Å². The van der Waals surface area contributed by atoms with Gasteiger partial charge in [0.15, 0.2) is 11.2 Å². The average molecular weight is 271 g/mol. The number of hydrogen-bond donors (Lipinski definition) is 4. The van der Waals surface area contributed by atoms with E-state index >= 15 is 0 Å². The molecule has 3 rings (SSSR count). The lowest BCUT2D eigenvalue weighted by molar-refractivity contribution is 0.0697. The van der Waals surface area contributed by atoms with Gasteiger partial charge in [0.2, 0.25) is 5.95 Å². The van der Waals surface area contributed by atoms with Crippen molar-refractivity contribution in [3.63, 3.8) is 0 Å². The van der Waals surface area contributed by atoms with Crippen LogP contribution in [0.15, 0.2) is 29.1 Å². The van der Waals surface area contributed by atoms with Crippen molar-refractivity contribution >= 4 is 23.1 Å². The van der Waals surface area contributed by atoms with Gasteiger partial charge in [-0.25, -0.2) is 9.78 Å². The number of nitrogens with one attached hydrogen (secondary N) is 2. The number of carboxylic acids is 1. The molecule has 0 amide bonds. The van der Waals surface area contributed by atoms with Crippen molar-refractivity contribution in [1.29, 1.82) is 0 Å². The number of imidazole rings is 1. The Morgan fingerprint density at radius 1 is 1.15 bits per heavy atom. The molecule has 3 aromatic rings. The summed E-state index contributed by atoms with van der Waals surface area (Å²) in [5.41, 5.74) is 6.28. The molecule has 0 spiro atoms. The third kappa shape index (κ3) is 1.88. The van der Waals surface area contributed by atoms with Crippen LogP contribution in [-0.4, -0.2) is 31.0 Å². The number of H-pyrrole nitrogens is 2. The van der Waals surface area contributed by atoms with Gasteiger partial charge in [0.05, 0.1) is 5.56 Å². The van der Waals surface area contributed by atoms with Gasteiger partial charge >= 0.3 is 5.97 Å². The van der Waals surface area contributed by atoms with Crippen LogP contribution < -0.4 is 11.3 Å². The molecule has 1 aromatic carbocycles. The standard InChI is InChI=1S/C12H9N5O3/c13-12-16-9-7(10(18)17-12)14-8(15-9)5-1-3-6(4-2-5)11(19)20/h1-4H,(H,19,20)(H4,13,14,15,16,17,18). The lowest BCUT2D eigenvalue weighted by atomic mass is 10.1. The summed E-state index contributed by atoms with van der Waals surface area (Å²) in [4.78, 5) is 35.7. The summed E-state index contributed by atoms with van der Waals surface area (Å²) in [6, 6.07) is 6.10. The predicted octanol–water partition coefficient (Wildman–Crippen LogP) is 0.594. The van der Waals surface area contributed by atoms with Gasteiger partial charge in [-0.3, -0.25) is 9.78 Å². The molecule has 0 saturated heterocycles. The molecule has 0 aliphatic heterocycles. The summed E-state index contributed by atoms with van der Waals surface area (Å²) < 4.78 is 0. The van der Waals surface area contributed by atoms with Crippen molar-refractivity contribution in [3.05, 3.63) is 40.2 Å². The van der Waals surface area contributed by atoms with Gasteiger partial charge in [-0.05, 0) is 12.1 Å². The number of nitrogen functional groups attached to an aromatic ring is 1. The summed E-state index contributed by atoms with van der Waals surface area (Å²) in [6.45, 7) is 0. The van der Waals surface area contributed by atoms with E-state index in [1.807, 2.05) is 0 Å². The number of hydrogen-bond acceptors (Lipinski definition) is 5. The fraction of sp³-hybridized carbons (Fsp3) is 0. The number of anilines is 1. The van der Waals surface area contributed by atoms with Crippen LogP contribution in [0.5, 0.6) is 0 Å². The fourth-order valence-corrected chi connectivity index (χ4v) is 1.83. The van der Waals surface area contributed by atoms with Crippen LogP contribution in [0.4, 0.5) is 5.95 Å². The van der Waals surface area contributed by atoms with E-state index in [9.17, 15) is 9.59 Å². The van der Waals surface area contributed by atoms with Gasteiger partial charge in [-0.2, -0.15) is 4.98 Å². The molecular weight excluding hydrogens is 262 g/mol. The van der Waals surface area contributed by atoms with Gasteiger partial charge in [0, 0.05) is 5.56 Å². The number of nitrogens with zero attached hydrogens (tertiary/aromatic N) is 2. The maximum Gasteiger partial charge on any atom is 0.335 e. The molecule has 0 unspecified atom stereocenters. The predicted molar refractivity (Wildman–Crippen MR) is 71.3 cm³/mol. The summed E-state index contributed by atoms with van der Waals surface area (Å²) in [5.74, 6) is -0.602. The minimum atomic E-state index is -1.01. The smallest absolute Gasteiger partial charge is 0.335 e. The highest BCUT2D eigenvalue weighted by atomic mass is 16.4. The second-order valence-corrected chi connectivity index (χ2v) is 4.12. The van der Waals surface area contributed by atoms with E-state index in [0.717, 1.165) is 0 Å². The largest absolute Gasteiger partial charge is 0.478 e. The molecule has 2 aromatic heterocycles. The number of benzene rings is 1. The van der Waals surface area contributed by atoms with Crippen molar-refractivity contribution in [2.45, 2.75) is 0 Å². The summed E-state index contributed by atoms with van der Waals surface area (Å²) in [7, 11) is 0. The molecular formula is C12H9N5O3. The first-order valence-corrected chi connectivity index (χ1v) is 5.64. The number of fused-ring (bicyclic) bond motifs is 1. The highest BCUT2D eigenvalue weighted by Crippen LogP contribution is 2.18. The highest BCUT2D eigenvalue weighted by Gasteiger charge is 2.11. The third-order valence-corrected chi connectivity index (χ3v) is 2.79. The first kappa shape index (κ1) is 11.9. The molecule has 0 fully saturated rings. The molecule has 8 nitrogen and oxygen atoms in total. The molecule has 5 N–H and O–H groups in total. The molecule has 0 aliphatic rings. The maximum absolute atomic E-state index is 11.7. The van der Waals surface area contributed by atoms with Crippen molar-refractivity contribution < 1.29 is 9.90 Å². The van der Waals surface area contributed by atoms with Gasteiger partial charge in [-0.15, -0.1) is 0 Å². The minimum Gasteiger partial charge on any atom is -0.478 e. The van der Waals surface area contributed by atoms with Crippen molar-refractivity contribution in [1.82, 2.24) is 19.9 Å². The van der Waals surface area contributed by atoms with Crippen LogP contribution in [0.25, 0.3) is 22.6 Å². The Bertz CT molecular complexity index is 863. The zero-order valence-corrected chi connectivity index (χ0v) is 10.0. The Morgan fingerprint density at radius 3 is 2.50 bits per heavy atom. The lowest BCUT2D eigenvalue weighted by Crippen LogP contribution is -2.10. The topological polar surface area (TPSA) is 138 Å². The molecule has 8 heteroatoms. The van der Waals surface area contributed by atoms with Crippen LogP contribution in [0.1, 0.15) is 10.4 Å². The van der Waals surface area contributed by atoms with Crippen molar-refractivity contribution in [2.75, 3.05) is 5.73 Å². The monoisotopic (exact) mass is 271 g/mol. The molecule has 0 saturated carbocycles. The van der Waals surface area contributed by atoms with E-state index in [1.54, 1.807) is 12.1 Å². The van der Waals surface area contributed by atoms with E-state index in [4.69, 9.17) is 10.8 Å². The van der Waals surface area contributed by atoms with Crippen molar-refractivity contribution in [2.24, 2.45) is 0 Å². The van der Waals surface area contributed by atoms with E-state index in [-0.39, 0.29) is 22.7 Å². The maximum atomic E-state index is 11.7. The summed E-state index contributed by atoms with van der Waals surface area (Å²) in [5, 5.41) is 8.83. The van der Waals surface area contributed by atoms with E-state index in [2.05, 4.69) is 19.9 Å². The van der Waals surface area contributed by atoms with E-state index in [0.29, 0.717) is 11.4 Å². The quantitative estimate of drug-likeness (QED) is 0.538. The zero-order chi connectivity index (χ0) is 14.3. The number of aromatic nitrogens is 4. The lowest BCUT2D eigenvalue weighted by Gasteiger charge is -1.97. The summed E-state index contributed by atoms with van der Waals surface area (Å²) in [6.07, 6.45) is 0. The Balaban J connectivity index is 2.12. The number of nitrogens with two attached hydrogens (primary N) is 1. The Morgan fingerprint density at radius 2 is 1.85 bits per heavy atom. The number of rotatable bonds is 2. The van der Waals surface area contributed by atoms with Gasteiger partial charge in [0.25, 0.3) is 5.56 Å². The Kier molecular flexibility index (Phi) is 2.50. The molecule has 0 aliphatic carbocycles. The van der Waals surface area contributed by atoms with Crippen LogP contribution in [0.3, 0.4) is 0 Å². The number of aromatic carboxylic acids is 1. The van der Waals surface area contributed by atoms with Gasteiger partial charge in [-0.1, -0.05) is 12.1 Å². The Hall–Kier alpha value is -3.16. The fourth-order valence-electron chi connectivity index (χ4n) is 1.83. The van der Waals surface area contributed by atoms with Crippen LogP contribution in [-0.2, 0) is 0 Å². The number of carboxylic acid groups (broad SMARTS) is 1. The molecule has 20 heavy (non-hydrogen) atoms. The average Bonchev–Trinajstić information content (AvgIpc) is 2.83. The van der Waals surface area contributed by atoms with E-state index < -0.39 is 11.5 Å². The third-order valence-electron chi connectivity index (χ3n) is 2.79. The summed E-state index contributed by atoms with van der Waals surface area (Å²) >= 11 is 0. The van der Waals surface area contributed by atoms with Crippen LogP contribution in [0, 0.1) is 0 Å². The normalized spacial score (nSPS) is 10.8. The van der Waals surface area contributed by atoms with Gasteiger partial charge < -0.3 is 15.8 Å². The Labute approximate surface area is 111 Å². The zero-order valence-electron chi connectivity index (χ0n) is 10.0. The molecule has 0 bridgehead atoms. The van der Waals surface area contributed by atoms with Crippen LogP contribution in [0.2, 0.25) is 0 Å². The second-order valence-electron chi connectivity index (χ2n) is 4.12. The number of aromatic amines is 2. The minimum absolute atomic E-state index is 0.0122. The highest BCUT2D eigenvalue weighted by molar-refractivity contribution is 5.88. The first-order valence-electron chi connectivity index (χ1n) is 5.64. The molecule has 0 radical (unpaired) electrons. The van der Waals surface area contributed by atoms with Crippen LogP contribution >= 0.6 is 0 Å². The SMILES string of the molecule is Nc1nc2nc(-c3ccc(C(=O)O)cc3)[nH]c2c(=O)[nH]1.